The van der Waals surface area contributed by atoms with Crippen molar-refractivity contribution in [3.63, 3.8) is 0 Å². The maximum absolute atomic E-state index is 6.17. The van der Waals surface area contributed by atoms with Crippen molar-refractivity contribution in [3.05, 3.63) is 57.6 Å². The first kappa shape index (κ1) is 16.2. The largest absolute Gasteiger partial charge is 0.455 e. The van der Waals surface area contributed by atoms with E-state index < -0.39 is 0 Å². The van der Waals surface area contributed by atoms with Crippen LogP contribution in [0.2, 0.25) is 10.0 Å². The molecule has 1 unspecified atom stereocenters. The molecule has 2 N–H and O–H groups in total. The van der Waals surface area contributed by atoms with Gasteiger partial charge in [-0.3, -0.25) is 0 Å². The Morgan fingerprint density at radius 3 is 2.62 bits per heavy atom. The molecule has 0 heterocycles. The zero-order valence-corrected chi connectivity index (χ0v) is 13.7. The van der Waals surface area contributed by atoms with Crippen LogP contribution in [-0.2, 0) is 6.42 Å². The Morgan fingerprint density at radius 1 is 1.14 bits per heavy atom. The lowest BCUT2D eigenvalue weighted by Gasteiger charge is -2.14. The molecule has 1 atom stereocenters. The van der Waals surface area contributed by atoms with Crippen molar-refractivity contribution in [2.45, 2.75) is 32.7 Å². The van der Waals surface area contributed by atoms with Crippen molar-refractivity contribution in [1.82, 2.24) is 0 Å². The van der Waals surface area contributed by atoms with Gasteiger partial charge in [0.1, 0.15) is 16.5 Å². The van der Waals surface area contributed by atoms with Gasteiger partial charge in [0.15, 0.2) is 0 Å². The number of hydrogen-bond acceptors (Lipinski definition) is 2. The second kappa shape index (κ2) is 7.17. The molecule has 0 bridgehead atoms. The van der Waals surface area contributed by atoms with Crippen molar-refractivity contribution in [3.8, 4) is 11.5 Å². The van der Waals surface area contributed by atoms with Gasteiger partial charge in [-0.25, -0.2) is 0 Å². The third-order valence-corrected chi connectivity index (χ3v) is 4.21. The highest BCUT2D eigenvalue weighted by Crippen LogP contribution is 2.35. The molecular weight excluding hydrogens is 305 g/mol. The minimum absolute atomic E-state index is 0.162. The lowest BCUT2D eigenvalue weighted by atomic mass is 10.0. The average Bonchev–Trinajstić information content (AvgIpc) is 2.47. The summed E-state index contributed by atoms with van der Waals surface area (Å²) in [4.78, 5) is 0. The van der Waals surface area contributed by atoms with Crippen molar-refractivity contribution >= 4 is 23.2 Å². The lowest BCUT2D eigenvalue weighted by Crippen LogP contribution is -2.21. The number of hydrogen-bond donors (Lipinski definition) is 1. The first-order valence-electron chi connectivity index (χ1n) is 6.98. The second-order valence-electron chi connectivity index (χ2n) is 5.13. The molecule has 21 heavy (non-hydrogen) atoms. The summed E-state index contributed by atoms with van der Waals surface area (Å²) in [7, 11) is 0. The number of nitrogens with two attached hydrogens (primary N) is 1. The molecule has 0 aliphatic carbocycles. The molecule has 0 radical (unpaired) electrons. The molecule has 2 aromatic carbocycles. The van der Waals surface area contributed by atoms with Gasteiger partial charge in [0.2, 0.25) is 0 Å². The number of benzene rings is 2. The fourth-order valence-corrected chi connectivity index (χ4v) is 2.34. The van der Waals surface area contributed by atoms with Crippen LogP contribution >= 0.6 is 23.2 Å². The Kier molecular flexibility index (Phi) is 5.51. The zero-order valence-electron chi connectivity index (χ0n) is 12.2. The van der Waals surface area contributed by atoms with Crippen LogP contribution in [0.25, 0.3) is 0 Å². The topological polar surface area (TPSA) is 35.2 Å². The Hall–Kier alpha value is -1.22. The number of rotatable bonds is 5. The average molecular weight is 324 g/mol. The third kappa shape index (κ3) is 4.13. The number of halogens is 2. The highest BCUT2D eigenvalue weighted by Gasteiger charge is 2.10. The van der Waals surface area contributed by atoms with E-state index in [4.69, 9.17) is 33.7 Å². The van der Waals surface area contributed by atoms with E-state index in [1.54, 1.807) is 12.1 Å². The lowest BCUT2D eigenvalue weighted by molar-refractivity contribution is 0.478. The first-order valence-corrected chi connectivity index (χ1v) is 7.73. The number of ether oxygens (including phenoxy) is 1. The predicted octanol–water partition coefficient (Wildman–Crippen LogP) is 5.37. The summed E-state index contributed by atoms with van der Waals surface area (Å²) in [5.41, 5.74) is 8.21. The SMILES string of the molecule is CCC(N)Cc1ccc(C)c(Oc2cccc(Cl)c2Cl)c1. The van der Waals surface area contributed by atoms with Crippen LogP contribution < -0.4 is 10.5 Å². The second-order valence-corrected chi connectivity index (χ2v) is 5.91. The number of aryl methyl sites for hydroxylation is 1. The van der Waals surface area contributed by atoms with Crippen LogP contribution in [0, 0.1) is 6.92 Å². The van der Waals surface area contributed by atoms with E-state index in [1.807, 2.05) is 25.1 Å². The van der Waals surface area contributed by atoms with Crippen molar-refractivity contribution in [2.75, 3.05) is 0 Å². The summed E-state index contributed by atoms with van der Waals surface area (Å²) in [6.07, 6.45) is 1.78. The molecule has 0 saturated carbocycles. The van der Waals surface area contributed by atoms with Crippen LogP contribution in [0.5, 0.6) is 11.5 Å². The van der Waals surface area contributed by atoms with Crippen LogP contribution in [0.4, 0.5) is 0 Å². The molecular formula is C17H19Cl2NO. The van der Waals surface area contributed by atoms with Crippen LogP contribution in [0.15, 0.2) is 36.4 Å². The maximum atomic E-state index is 6.17. The fourth-order valence-electron chi connectivity index (χ4n) is 2.01. The predicted molar refractivity (Wildman–Crippen MR) is 89.7 cm³/mol. The summed E-state index contributed by atoms with van der Waals surface area (Å²) >= 11 is 12.2. The molecule has 0 fully saturated rings. The highest BCUT2D eigenvalue weighted by atomic mass is 35.5. The van der Waals surface area contributed by atoms with Gasteiger partial charge in [-0.05, 0) is 49.1 Å². The summed E-state index contributed by atoms with van der Waals surface area (Å²) in [5.74, 6) is 1.34. The van der Waals surface area contributed by atoms with Gasteiger partial charge >= 0.3 is 0 Å². The van der Waals surface area contributed by atoms with E-state index in [0.29, 0.717) is 15.8 Å². The van der Waals surface area contributed by atoms with Crippen LogP contribution in [-0.4, -0.2) is 6.04 Å². The van der Waals surface area contributed by atoms with Gasteiger partial charge in [0.05, 0.1) is 5.02 Å². The first-order chi connectivity index (χ1) is 10.0. The Bertz CT molecular complexity index is 628. The monoisotopic (exact) mass is 323 g/mol. The Morgan fingerprint density at radius 2 is 1.90 bits per heavy atom. The van der Waals surface area contributed by atoms with Crippen molar-refractivity contribution in [1.29, 1.82) is 0 Å². The Labute approximate surface area is 135 Å². The molecule has 2 rings (SSSR count). The molecule has 0 amide bonds. The van der Waals surface area contributed by atoms with Crippen molar-refractivity contribution < 1.29 is 4.74 Å². The summed E-state index contributed by atoms with van der Waals surface area (Å²) < 4.78 is 5.92. The van der Waals surface area contributed by atoms with Crippen LogP contribution in [0.1, 0.15) is 24.5 Å². The normalized spacial score (nSPS) is 12.2. The fraction of sp³-hybridized carbons (Fsp3) is 0.294. The minimum Gasteiger partial charge on any atom is -0.455 e. The highest BCUT2D eigenvalue weighted by molar-refractivity contribution is 6.42. The van der Waals surface area contributed by atoms with Gasteiger partial charge in [0, 0.05) is 6.04 Å². The van der Waals surface area contributed by atoms with E-state index in [2.05, 4.69) is 13.0 Å². The quantitative estimate of drug-likeness (QED) is 0.802. The zero-order chi connectivity index (χ0) is 15.4. The maximum Gasteiger partial charge on any atom is 0.147 e. The van der Waals surface area contributed by atoms with E-state index in [9.17, 15) is 0 Å². The molecule has 0 spiro atoms. The third-order valence-electron chi connectivity index (χ3n) is 3.41. The molecule has 0 aliphatic heterocycles. The molecule has 112 valence electrons. The van der Waals surface area contributed by atoms with Gasteiger partial charge in [0.25, 0.3) is 0 Å². The summed E-state index contributed by atoms with van der Waals surface area (Å²) in [6, 6.07) is 11.6. The van der Waals surface area contributed by atoms with E-state index in [-0.39, 0.29) is 6.04 Å². The smallest absolute Gasteiger partial charge is 0.147 e. The van der Waals surface area contributed by atoms with Gasteiger partial charge in [-0.1, -0.05) is 48.3 Å². The van der Waals surface area contributed by atoms with Crippen molar-refractivity contribution in [2.24, 2.45) is 5.73 Å². The molecule has 0 aliphatic rings. The summed E-state index contributed by atoms with van der Waals surface area (Å²) in [5, 5.41) is 0.908. The van der Waals surface area contributed by atoms with Gasteiger partial charge in [-0.15, -0.1) is 0 Å². The Balaban J connectivity index is 2.26. The molecule has 2 aromatic rings. The van der Waals surface area contributed by atoms with Crippen LogP contribution in [0.3, 0.4) is 0 Å². The summed E-state index contributed by atoms with van der Waals surface area (Å²) in [6.45, 7) is 4.08. The van der Waals surface area contributed by atoms with E-state index in [1.165, 1.54) is 0 Å². The van der Waals surface area contributed by atoms with Gasteiger partial charge in [-0.2, -0.15) is 0 Å². The molecule has 0 saturated heterocycles. The molecule has 0 aromatic heterocycles. The minimum atomic E-state index is 0.162. The molecule has 2 nitrogen and oxygen atoms in total. The van der Waals surface area contributed by atoms with E-state index >= 15 is 0 Å². The molecule has 4 heteroatoms. The van der Waals surface area contributed by atoms with E-state index in [0.717, 1.165) is 29.7 Å². The van der Waals surface area contributed by atoms with Gasteiger partial charge < -0.3 is 10.5 Å². The standard InChI is InChI=1S/C17H19Cl2NO/c1-3-13(20)9-12-8-7-11(2)16(10-12)21-15-6-4-5-14(18)17(15)19/h4-8,10,13H,3,9,20H2,1-2H3.